The van der Waals surface area contributed by atoms with Gasteiger partial charge in [-0.15, -0.1) is 11.3 Å². The Hall–Kier alpha value is -0.300. The van der Waals surface area contributed by atoms with Gasteiger partial charge in [-0.1, -0.05) is 11.8 Å². The van der Waals surface area contributed by atoms with Crippen molar-refractivity contribution in [2.45, 2.75) is 6.42 Å². The summed E-state index contributed by atoms with van der Waals surface area (Å²) in [7, 11) is 0. The molecule has 1 aromatic heterocycles. The summed E-state index contributed by atoms with van der Waals surface area (Å²) in [6, 6.07) is 0. The molecule has 11 heavy (non-hydrogen) atoms. The first kappa shape index (κ1) is 8.79. The quantitative estimate of drug-likeness (QED) is 0.735. The number of hydrogen-bond donors (Lipinski definition) is 1. The number of aliphatic hydroxyl groups is 1. The van der Waals surface area contributed by atoms with Crippen molar-refractivity contribution in [3.05, 3.63) is 20.8 Å². The van der Waals surface area contributed by atoms with E-state index in [0.29, 0.717) is 6.42 Å². The number of thiophene rings is 1. The maximum Gasteiger partial charge on any atom is 0.0540 e. The molecule has 58 valence electrons. The summed E-state index contributed by atoms with van der Waals surface area (Å²) in [5.74, 6) is 5.80. The predicted molar refractivity (Wildman–Crippen MR) is 50.6 cm³/mol. The van der Waals surface area contributed by atoms with Crippen molar-refractivity contribution < 1.29 is 5.11 Å². The second-order valence-electron chi connectivity index (χ2n) is 1.91. The first-order chi connectivity index (χ1) is 5.34. The van der Waals surface area contributed by atoms with Gasteiger partial charge < -0.3 is 5.11 Å². The Morgan fingerprint density at radius 1 is 1.55 bits per heavy atom. The molecular weight excluding hydrogens is 224 g/mol. The minimum atomic E-state index is 0.134. The average molecular weight is 231 g/mol. The molecular formula is C8H7BrOS. The summed E-state index contributed by atoms with van der Waals surface area (Å²) in [4.78, 5) is 0. The van der Waals surface area contributed by atoms with E-state index in [2.05, 4.69) is 27.8 Å². The molecule has 0 aliphatic heterocycles. The highest BCUT2D eigenvalue weighted by atomic mass is 79.9. The van der Waals surface area contributed by atoms with Crippen LogP contribution in [0.2, 0.25) is 0 Å². The highest BCUT2D eigenvalue weighted by molar-refractivity contribution is 9.10. The molecule has 1 N–H and O–H groups in total. The second kappa shape index (κ2) is 4.55. The smallest absolute Gasteiger partial charge is 0.0540 e. The first-order valence-corrected chi connectivity index (χ1v) is 4.89. The van der Waals surface area contributed by atoms with Crippen molar-refractivity contribution in [3.63, 3.8) is 0 Å². The lowest BCUT2D eigenvalue weighted by Gasteiger charge is -1.82. The van der Waals surface area contributed by atoms with Gasteiger partial charge >= 0.3 is 0 Å². The molecule has 1 nitrogen and oxygen atoms in total. The molecule has 0 bridgehead atoms. The number of halogens is 1. The Balaban J connectivity index is 2.65. The standard InChI is InChI=1S/C8H7BrOS/c9-8-6-11-5-7(8)3-1-2-4-10/h5-6,10H,2,4H2. The largest absolute Gasteiger partial charge is 0.395 e. The van der Waals surface area contributed by atoms with Crippen LogP contribution in [0, 0.1) is 11.8 Å². The van der Waals surface area contributed by atoms with Crippen molar-refractivity contribution in [2.24, 2.45) is 0 Å². The zero-order chi connectivity index (χ0) is 8.10. The minimum absolute atomic E-state index is 0.134. The lowest BCUT2D eigenvalue weighted by molar-refractivity contribution is 0.305. The van der Waals surface area contributed by atoms with Crippen LogP contribution in [-0.2, 0) is 0 Å². The number of rotatable bonds is 1. The average Bonchev–Trinajstić information content (AvgIpc) is 2.37. The Labute approximate surface area is 78.2 Å². The second-order valence-corrected chi connectivity index (χ2v) is 3.51. The Morgan fingerprint density at radius 3 is 2.91 bits per heavy atom. The van der Waals surface area contributed by atoms with Gasteiger partial charge in [-0.25, -0.2) is 0 Å². The highest BCUT2D eigenvalue weighted by Gasteiger charge is 1.93. The van der Waals surface area contributed by atoms with Crippen LogP contribution in [0.5, 0.6) is 0 Å². The molecule has 0 saturated carbocycles. The minimum Gasteiger partial charge on any atom is -0.395 e. The molecule has 0 fully saturated rings. The fourth-order valence-electron chi connectivity index (χ4n) is 0.584. The van der Waals surface area contributed by atoms with Crippen molar-refractivity contribution in [1.29, 1.82) is 0 Å². The lowest BCUT2D eigenvalue weighted by Crippen LogP contribution is -1.76. The maximum atomic E-state index is 8.45. The van der Waals surface area contributed by atoms with Crippen LogP contribution in [0.25, 0.3) is 0 Å². The van der Waals surface area contributed by atoms with Crippen molar-refractivity contribution in [3.8, 4) is 11.8 Å². The van der Waals surface area contributed by atoms with Crippen LogP contribution in [0.3, 0.4) is 0 Å². The van der Waals surface area contributed by atoms with E-state index in [0.717, 1.165) is 10.0 Å². The van der Waals surface area contributed by atoms with Crippen molar-refractivity contribution in [2.75, 3.05) is 6.61 Å². The molecule has 1 rings (SSSR count). The van der Waals surface area contributed by atoms with E-state index in [-0.39, 0.29) is 6.61 Å². The third kappa shape index (κ3) is 2.66. The molecule has 0 aliphatic carbocycles. The van der Waals surface area contributed by atoms with Gasteiger partial charge in [-0.05, 0) is 15.9 Å². The van der Waals surface area contributed by atoms with E-state index in [4.69, 9.17) is 5.11 Å². The van der Waals surface area contributed by atoms with Gasteiger partial charge in [-0.2, -0.15) is 0 Å². The SMILES string of the molecule is OCCC#Cc1cscc1Br. The van der Waals surface area contributed by atoms with Crippen LogP contribution in [-0.4, -0.2) is 11.7 Å². The van der Waals surface area contributed by atoms with Crippen LogP contribution < -0.4 is 0 Å². The summed E-state index contributed by atoms with van der Waals surface area (Å²) in [5.41, 5.74) is 1.00. The van der Waals surface area contributed by atoms with Gasteiger partial charge in [0.25, 0.3) is 0 Å². The molecule has 1 aromatic rings. The van der Waals surface area contributed by atoms with Gasteiger partial charge in [0.1, 0.15) is 0 Å². The lowest BCUT2D eigenvalue weighted by atomic mass is 10.3. The van der Waals surface area contributed by atoms with E-state index in [1.165, 1.54) is 0 Å². The van der Waals surface area contributed by atoms with Crippen LogP contribution in [0.15, 0.2) is 15.2 Å². The number of hydrogen-bond acceptors (Lipinski definition) is 2. The van der Waals surface area contributed by atoms with Crippen LogP contribution in [0.4, 0.5) is 0 Å². The Kier molecular flexibility index (Phi) is 3.64. The summed E-state index contributed by atoms with van der Waals surface area (Å²) >= 11 is 4.98. The van der Waals surface area contributed by atoms with Gasteiger partial charge in [0.2, 0.25) is 0 Å². The highest BCUT2D eigenvalue weighted by Crippen LogP contribution is 2.19. The van der Waals surface area contributed by atoms with Gasteiger partial charge in [0.05, 0.1) is 6.61 Å². The molecule has 0 amide bonds. The Bertz CT molecular complexity index is 282. The van der Waals surface area contributed by atoms with E-state index >= 15 is 0 Å². The zero-order valence-corrected chi connectivity index (χ0v) is 8.20. The third-order valence-electron chi connectivity index (χ3n) is 1.07. The fourth-order valence-corrected chi connectivity index (χ4v) is 1.91. The maximum absolute atomic E-state index is 8.45. The first-order valence-electron chi connectivity index (χ1n) is 3.16. The molecule has 0 aromatic carbocycles. The molecule has 0 spiro atoms. The normalized spacial score (nSPS) is 8.91. The van der Waals surface area contributed by atoms with Gasteiger partial charge in [0, 0.05) is 27.2 Å². The van der Waals surface area contributed by atoms with E-state index in [1.807, 2.05) is 10.8 Å². The van der Waals surface area contributed by atoms with Crippen LogP contribution in [0.1, 0.15) is 12.0 Å². The van der Waals surface area contributed by atoms with Crippen LogP contribution >= 0.6 is 27.3 Å². The third-order valence-corrected chi connectivity index (χ3v) is 2.78. The fraction of sp³-hybridized carbons (Fsp3) is 0.250. The van der Waals surface area contributed by atoms with E-state index in [1.54, 1.807) is 11.3 Å². The zero-order valence-electron chi connectivity index (χ0n) is 5.80. The van der Waals surface area contributed by atoms with Gasteiger partial charge in [-0.3, -0.25) is 0 Å². The van der Waals surface area contributed by atoms with E-state index in [9.17, 15) is 0 Å². The van der Waals surface area contributed by atoms with Crippen molar-refractivity contribution >= 4 is 27.3 Å². The summed E-state index contributed by atoms with van der Waals surface area (Å²) in [6.07, 6.45) is 0.544. The van der Waals surface area contributed by atoms with Gasteiger partial charge in [0.15, 0.2) is 0 Å². The topological polar surface area (TPSA) is 20.2 Å². The molecule has 0 atom stereocenters. The summed E-state index contributed by atoms with van der Waals surface area (Å²) in [6.45, 7) is 0.134. The molecule has 1 heterocycles. The molecule has 0 unspecified atom stereocenters. The van der Waals surface area contributed by atoms with E-state index < -0.39 is 0 Å². The number of aliphatic hydroxyl groups excluding tert-OH is 1. The molecule has 0 aliphatic rings. The predicted octanol–water partition coefficient (Wildman–Crippen LogP) is 2.24. The molecule has 0 saturated heterocycles. The monoisotopic (exact) mass is 230 g/mol. The Morgan fingerprint density at radius 2 is 2.36 bits per heavy atom. The summed E-state index contributed by atoms with van der Waals surface area (Å²) < 4.78 is 1.04. The van der Waals surface area contributed by atoms with Crippen molar-refractivity contribution in [1.82, 2.24) is 0 Å². The summed E-state index contributed by atoms with van der Waals surface area (Å²) in [5, 5.41) is 12.4. The molecule has 3 heteroatoms. The molecule has 0 radical (unpaired) electrons.